The van der Waals surface area contributed by atoms with Gasteiger partial charge in [0.15, 0.2) is 6.17 Å². The number of nitrogens with zero attached hydrogens (tertiary/aromatic N) is 4. The molecule has 0 saturated carbocycles. The molecule has 1 amide bonds. The fourth-order valence-corrected chi connectivity index (χ4v) is 5.43. The van der Waals surface area contributed by atoms with E-state index < -0.39 is 86.5 Å². The summed E-state index contributed by atoms with van der Waals surface area (Å²) in [6.07, 6.45) is -10.2. The van der Waals surface area contributed by atoms with E-state index in [1.54, 1.807) is 4.90 Å². The summed E-state index contributed by atoms with van der Waals surface area (Å²) in [5.74, 6) is -4.72. The van der Waals surface area contributed by atoms with E-state index in [2.05, 4.69) is 5.32 Å². The maximum atomic E-state index is 12.8. The lowest BCUT2D eigenvalue weighted by Crippen LogP contribution is -2.60. The van der Waals surface area contributed by atoms with Crippen LogP contribution in [0.25, 0.3) is 0 Å². The zero-order valence-corrected chi connectivity index (χ0v) is 27.6. The molecule has 2 aliphatic heterocycles. The molecule has 0 spiro atoms. The summed E-state index contributed by atoms with van der Waals surface area (Å²) in [6, 6.07) is 5.84. The average Bonchev–Trinajstić information content (AvgIpc) is 3.06. The molecule has 21 heteroatoms. The number of aliphatic carboxylic acids is 4. The van der Waals surface area contributed by atoms with E-state index in [9.17, 15) is 64.8 Å². The first-order valence-corrected chi connectivity index (χ1v) is 16.0. The minimum absolute atomic E-state index is 0.0180. The topological polar surface area (TPSA) is 300 Å². The molecule has 0 radical (unpaired) electrons. The fraction of sp³-hybridized carbons (Fsp3) is 0.633. The first-order valence-electron chi connectivity index (χ1n) is 16.0. The molecule has 0 aliphatic carbocycles. The number of carbonyl (C=O) groups is 5. The van der Waals surface area contributed by atoms with Gasteiger partial charge < -0.3 is 55.1 Å². The SMILES string of the molecule is O=C(O)CN1CCN(CC(=O)O)CCN(C(NC(=O)OCc2ccc(O[C@@H]3O[C@H](CO)[C@H](O)[C@H](O)[C@H]3O)cc2)C(=O)O)CCN(CC(=O)O)CC1. The molecular formula is C30H45N5O16. The molecule has 286 valence electrons. The monoisotopic (exact) mass is 731 g/mol. The Morgan fingerprint density at radius 2 is 1.20 bits per heavy atom. The van der Waals surface area contributed by atoms with Gasteiger partial charge in [-0.3, -0.25) is 39.3 Å². The molecule has 1 aromatic carbocycles. The minimum Gasteiger partial charge on any atom is -0.480 e. The van der Waals surface area contributed by atoms with Gasteiger partial charge in [0.1, 0.15) is 36.8 Å². The summed E-state index contributed by atoms with van der Waals surface area (Å²) >= 11 is 0. The van der Waals surface area contributed by atoms with Gasteiger partial charge in [0, 0.05) is 52.4 Å². The van der Waals surface area contributed by atoms with Gasteiger partial charge in [0.2, 0.25) is 6.29 Å². The molecular weight excluding hydrogens is 686 g/mol. The van der Waals surface area contributed by atoms with E-state index in [1.807, 2.05) is 0 Å². The van der Waals surface area contributed by atoms with Crippen molar-refractivity contribution in [3.05, 3.63) is 29.8 Å². The lowest BCUT2D eigenvalue weighted by atomic mass is 9.99. The Labute approximate surface area is 291 Å². The number of nitrogens with one attached hydrogen (secondary N) is 1. The molecule has 2 aliphatic rings. The Morgan fingerprint density at radius 3 is 1.63 bits per heavy atom. The maximum Gasteiger partial charge on any atom is 0.409 e. The van der Waals surface area contributed by atoms with E-state index in [4.69, 9.17) is 14.2 Å². The third kappa shape index (κ3) is 13.5. The largest absolute Gasteiger partial charge is 0.480 e. The number of aliphatic hydroxyl groups is 4. The van der Waals surface area contributed by atoms with Crippen molar-refractivity contribution < 1.29 is 79.0 Å². The van der Waals surface area contributed by atoms with Crippen molar-refractivity contribution in [2.75, 3.05) is 78.6 Å². The predicted octanol–water partition coefficient (Wildman–Crippen LogP) is -4.02. The zero-order valence-electron chi connectivity index (χ0n) is 27.6. The molecule has 21 nitrogen and oxygen atoms in total. The number of ether oxygens (including phenoxy) is 3. The van der Waals surface area contributed by atoms with Crippen LogP contribution in [-0.2, 0) is 35.3 Å². The van der Waals surface area contributed by atoms with Crippen molar-refractivity contribution in [2.45, 2.75) is 43.5 Å². The molecule has 1 unspecified atom stereocenters. The highest BCUT2D eigenvalue weighted by Crippen LogP contribution is 2.24. The second-order valence-electron chi connectivity index (χ2n) is 12.0. The van der Waals surface area contributed by atoms with Crippen LogP contribution in [0.3, 0.4) is 0 Å². The van der Waals surface area contributed by atoms with Gasteiger partial charge in [0.05, 0.1) is 26.2 Å². The van der Waals surface area contributed by atoms with Gasteiger partial charge in [0.25, 0.3) is 0 Å². The number of carboxylic acid groups (broad SMARTS) is 4. The molecule has 0 bridgehead atoms. The number of rotatable bonds is 14. The minimum atomic E-state index is -1.66. The number of amides is 1. The molecule has 1 aromatic rings. The molecule has 2 fully saturated rings. The number of alkyl carbamates (subject to hydrolysis) is 1. The summed E-state index contributed by atoms with van der Waals surface area (Å²) in [7, 11) is 0. The smallest absolute Gasteiger partial charge is 0.409 e. The normalized spacial score (nSPS) is 25.5. The second kappa shape index (κ2) is 20.0. The van der Waals surface area contributed by atoms with Crippen LogP contribution in [0.4, 0.5) is 4.79 Å². The van der Waals surface area contributed by atoms with Crippen molar-refractivity contribution in [3.8, 4) is 5.75 Å². The third-order valence-corrected chi connectivity index (χ3v) is 8.20. The van der Waals surface area contributed by atoms with Gasteiger partial charge in [-0.2, -0.15) is 0 Å². The van der Waals surface area contributed by atoms with Crippen LogP contribution in [0.5, 0.6) is 5.75 Å². The zero-order chi connectivity index (χ0) is 37.7. The van der Waals surface area contributed by atoms with Gasteiger partial charge in [-0.05, 0) is 17.7 Å². The van der Waals surface area contributed by atoms with Crippen LogP contribution < -0.4 is 10.1 Å². The Hall–Kier alpha value is -4.19. The van der Waals surface area contributed by atoms with Crippen molar-refractivity contribution >= 4 is 30.0 Å². The average molecular weight is 732 g/mol. The van der Waals surface area contributed by atoms with E-state index >= 15 is 0 Å². The van der Waals surface area contributed by atoms with E-state index in [0.717, 1.165) is 0 Å². The number of aliphatic hydroxyl groups excluding tert-OH is 4. The summed E-state index contributed by atoms with van der Waals surface area (Å²) in [6.45, 7) is -1.70. The molecule has 3 rings (SSSR count). The summed E-state index contributed by atoms with van der Waals surface area (Å²) < 4.78 is 16.1. The van der Waals surface area contributed by atoms with Gasteiger partial charge in [-0.15, -0.1) is 0 Å². The fourth-order valence-electron chi connectivity index (χ4n) is 5.43. The Bertz CT molecular complexity index is 1290. The Balaban J connectivity index is 1.66. The van der Waals surface area contributed by atoms with Gasteiger partial charge in [-0.25, -0.2) is 9.59 Å². The molecule has 2 saturated heterocycles. The highest BCUT2D eigenvalue weighted by atomic mass is 16.7. The van der Waals surface area contributed by atoms with E-state index in [1.165, 1.54) is 39.0 Å². The summed E-state index contributed by atoms with van der Waals surface area (Å²) in [5, 5.41) is 79.9. The number of hydrogen-bond acceptors (Lipinski definition) is 16. The van der Waals surface area contributed by atoms with E-state index in [0.29, 0.717) is 5.56 Å². The van der Waals surface area contributed by atoms with Crippen molar-refractivity contribution in [3.63, 3.8) is 0 Å². The quantitative estimate of drug-likeness (QED) is 0.0880. The predicted molar refractivity (Wildman–Crippen MR) is 169 cm³/mol. The first-order chi connectivity index (χ1) is 24.2. The van der Waals surface area contributed by atoms with Crippen molar-refractivity contribution in [1.29, 1.82) is 0 Å². The van der Waals surface area contributed by atoms with Crippen LogP contribution in [-0.4, -0.2) is 206 Å². The number of benzene rings is 1. The van der Waals surface area contributed by atoms with E-state index in [-0.39, 0.29) is 71.3 Å². The standard InChI is InChI=1S/C30H45N5O16/c36-16-20-24(43)25(44)26(45)29(51-20)50-19-3-1-18(2-4-19)17-49-30(48)31-27(28(46)47)35-11-9-33(14-22(39)40)7-5-32(13-21(37)38)6-8-34(10-12-35)15-23(41)42/h1-4,20,24-27,29,36,43-45H,5-17H2,(H,31,48)(H,37,38)(H,39,40)(H,41,42)(H,46,47)/t20-,24+,25+,26-,27?,29-/m1/s1. The molecule has 0 aromatic heterocycles. The van der Waals surface area contributed by atoms with Crippen LogP contribution >= 0.6 is 0 Å². The van der Waals surface area contributed by atoms with Gasteiger partial charge in [-0.1, -0.05) is 12.1 Å². The van der Waals surface area contributed by atoms with Crippen LogP contribution in [0, 0.1) is 0 Å². The summed E-state index contributed by atoms with van der Waals surface area (Å²) in [5.41, 5.74) is 0.440. The van der Waals surface area contributed by atoms with Gasteiger partial charge >= 0.3 is 30.0 Å². The second-order valence-corrected chi connectivity index (χ2v) is 12.0. The van der Waals surface area contributed by atoms with Crippen molar-refractivity contribution in [1.82, 2.24) is 24.9 Å². The Morgan fingerprint density at radius 1 is 0.725 bits per heavy atom. The lowest BCUT2D eigenvalue weighted by Gasteiger charge is -2.39. The van der Waals surface area contributed by atoms with Crippen LogP contribution in [0.2, 0.25) is 0 Å². The highest BCUT2D eigenvalue weighted by molar-refractivity contribution is 5.79. The summed E-state index contributed by atoms with van der Waals surface area (Å²) in [4.78, 5) is 65.5. The molecule has 51 heavy (non-hydrogen) atoms. The van der Waals surface area contributed by atoms with Crippen molar-refractivity contribution in [2.24, 2.45) is 0 Å². The number of carboxylic acids is 4. The third-order valence-electron chi connectivity index (χ3n) is 8.20. The molecule has 2 heterocycles. The van der Waals surface area contributed by atoms with Crippen LogP contribution in [0.1, 0.15) is 5.56 Å². The Kier molecular flexibility index (Phi) is 16.2. The first kappa shape index (κ1) is 41.2. The number of hydrogen-bond donors (Lipinski definition) is 9. The van der Waals surface area contributed by atoms with Crippen LogP contribution in [0.15, 0.2) is 24.3 Å². The number of carbonyl (C=O) groups excluding carboxylic acids is 1. The molecule has 9 N–H and O–H groups in total. The highest BCUT2D eigenvalue weighted by Gasteiger charge is 2.44. The lowest BCUT2D eigenvalue weighted by molar-refractivity contribution is -0.277. The maximum absolute atomic E-state index is 12.8. The molecule has 6 atom stereocenters.